The quantitative estimate of drug-likeness (QED) is 0.695. The topological polar surface area (TPSA) is 42.0 Å². The minimum atomic E-state index is -0.0325. The number of nitrogens with one attached hydrogen (secondary N) is 1. The average Bonchev–Trinajstić information content (AvgIpc) is 2.20. The van der Waals surface area contributed by atoms with E-state index in [9.17, 15) is 4.79 Å². The minimum absolute atomic E-state index is 0.0325. The van der Waals surface area contributed by atoms with Crippen molar-refractivity contribution in [3.8, 4) is 0 Å². The van der Waals surface area contributed by atoms with E-state index in [1.165, 1.54) is 0 Å². The van der Waals surface area contributed by atoms with Gasteiger partial charge in [-0.05, 0) is 25.0 Å². The first-order valence-electron chi connectivity index (χ1n) is 4.56. The van der Waals surface area contributed by atoms with Crippen molar-refractivity contribution in [1.29, 1.82) is 0 Å². The normalized spacial score (nSPS) is 22.5. The van der Waals surface area contributed by atoms with Crippen molar-refractivity contribution in [2.45, 2.75) is 18.8 Å². The van der Waals surface area contributed by atoms with Gasteiger partial charge in [0.2, 0.25) is 5.91 Å². The van der Waals surface area contributed by atoms with Gasteiger partial charge in [0.15, 0.2) is 0 Å². The summed E-state index contributed by atoms with van der Waals surface area (Å²) in [5.74, 6) is 0.0832. The van der Waals surface area contributed by atoms with Crippen LogP contribution in [-0.2, 0) is 4.79 Å². The number of nitrogens with zero attached hydrogens (tertiary/aromatic N) is 1. The molecular weight excluding hydrogens is 164 g/mol. The van der Waals surface area contributed by atoms with E-state index in [4.69, 9.17) is 0 Å². The Morgan fingerprint density at radius 3 is 3.08 bits per heavy atom. The number of pyridine rings is 1. The standard InChI is InChI=1S/C10H12N2O/c13-10-8(4-3-7-12-10)9-5-1-2-6-11-9/h1-2,5-6,8H,3-4,7H2,(H,12,13)/t8-/m0/s1. The molecule has 68 valence electrons. The van der Waals surface area contributed by atoms with Gasteiger partial charge in [-0.1, -0.05) is 6.07 Å². The molecule has 1 aliphatic heterocycles. The van der Waals surface area contributed by atoms with Crippen molar-refractivity contribution in [3.63, 3.8) is 0 Å². The Kier molecular flexibility index (Phi) is 2.25. The van der Waals surface area contributed by atoms with E-state index in [1.54, 1.807) is 6.20 Å². The molecule has 0 aromatic carbocycles. The summed E-state index contributed by atoms with van der Waals surface area (Å²) in [7, 11) is 0. The van der Waals surface area contributed by atoms with Crippen LogP contribution in [-0.4, -0.2) is 17.4 Å². The van der Waals surface area contributed by atoms with E-state index >= 15 is 0 Å². The van der Waals surface area contributed by atoms with Crippen molar-refractivity contribution in [3.05, 3.63) is 30.1 Å². The van der Waals surface area contributed by atoms with Crippen LogP contribution >= 0.6 is 0 Å². The summed E-state index contributed by atoms with van der Waals surface area (Å²) in [5, 5.41) is 2.85. The summed E-state index contributed by atoms with van der Waals surface area (Å²) in [4.78, 5) is 15.6. The highest BCUT2D eigenvalue weighted by Gasteiger charge is 2.24. The van der Waals surface area contributed by atoms with Crippen molar-refractivity contribution in [2.75, 3.05) is 6.54 Å². The van der Waals surface area contributed by atoms with Crippen LogP contribution in [0.15, 0.2) is 24.4 Å². The Hall–Kier alpha value is -1.38. The summed E-state index contributed by atoms with van der Waals surface area (Å²) in [6, 6.07) is 5.70. The molecule has 0 bridgehead atoms. The first-order chi connectivity index (χ1) is 6.38. The lowest BCUT2D eigenvalue weighted by molar-refractivity contribution is -0.123. The zero-order valence-corrected chi connectivity index (χ0v) is 7.36. The molecule has 0 saturated carbocycles. The van der Waals surface area contributed by atoms with E-state index in [0.29, 0.717) is 0 Å². The highest BCUT2D eigenvalue weighted by Crippen LogP contribution is 2.21. The number of amides is 1. The fourth-order valence-corrected chi connectivity index (χ4v) is 1.64. The van der Waals surface area contributed by atoms with Gasteiger partial charge in [-0.25, -0.2) is 0 Å². The fourth-order valence-electron chi connectivity index (χ4n) is 1.64. The Balaban J connectivity index is 2.20. The summed E-state index contributed by atoms with van der Waals surface area (Å²) in [5.41, 5.74) is 0.889. The predicted molar refractivity (Wildman–Crippen MR) is 49.2 cm³/mol. The fraction of sp³-hybridized carbons (Fsp3) is 0.400. The van der Waals surface area contributed by atoms with E-state index in [2.05, 4.69) is 10.3 Å². The second-order valence-electron chi connectivity index (χ2n) is 3.24. The number of hydrogen-bond donors (Lipinski definition) is 1. The Morgan fingerprint density at radius 2 is 2.38 bits per heavy atom. The third kappa shape index (κ3) is 1.69. The monoisotopic (exact) mass is 176 g/mol. The van der Waals surface area contributed by atoms with Gasteiger partial charge in [-0.2, -0.15) is 0 Å². The van der Waals surface area contributed by atoms with E-state index in [1.807, 2.05) is 18.2 Å². The number of carbonyl (C=O) groups excluding carboxylic acids is 1. The van der Waals surface area contributed by atoms with E-state index in [0.717, 1.165) is 25.1 Å². The molecule has 1 aromatic heterocycles. The first-order valence-corrected chi connectivity index (χ1v) is 4.56. The molecule has 0 aliphatic carbocycles. The third-order valence-electron chi connectivity index (χ3n) is 2.33. The summed E-state index contributed by atoms with van der Waals surface area (Å²) < 4.78 is 0. The minimum Gasteiger partial charge on any atom is -0.356 e. The molecule has 2 heterocycles. The van der Waals surface area contributed by atoms with Crippen LogP contribution in [0.25, 0.3) is 0 Å². The molecule has 0 radical (unpaired) electrons. The Labute approximate surface area is 77.2 Å². The lowest BCUT2D eigenvalue weighted by Gasteiger charge is -2.20. The number of piperidine rings is 1. The van der Waals surface area contributed by atoms with E-state index < -0.39 is 0 Å². The van der Waals surface area contributed by atoms with Crippen LogP contribution in [0.4, 0.5) is 0 Å². The molecule has 1 amide bonds. The molecule has 0 unspecified atom stereocenters. The number of carbonyl (C=O) groups is 1. The maximum Gasteiger partial charge on any atom is 0.229 e. The summed E-state index contributed by atoms with van der Waals surface area (Å²) in [6.07, 6.45) is 3.70. The molecule has 2 rings (SSSR count). The number of rotatable bonds is 1. The zero-order valence-electron chi connectivity index (χ0n) is 7.36. The van der Waals surface area contributed by atoms with Crippen LogP contribution in [0.5, 0.6) is 0 Å². The van der Waals surface area contributed by atoms with Crippen LogP contribution in [0.3, 0.4) is 0 Å². The smallest absolute Gasteiger partial charge is 0.229 e. The van der Waals surface area contributed by atoms with Crippen LogP contribution in [0.1, 0.15) is 24.5 Å². The first kappa shape index (κ1) is 8.23. The second kappa shape index (κ2) is 3.56. The van der Waals surface area contributed by atoms with Gasteiger partial charge in [0, 0.05) is 12.7 Å². The second-order valence-corrected chi connectivity index (χ2v) is 3.24. The summed E-state index contributed by atoms with van der Waals surface area (Å²) in [6.45, 7) is 0.808. The van der Waals surface area contributed by atoms with Gasteiger partial charge in [0.1, 0.15) is 0 Å². The molecule has 1 atom stereocenters. The molecule has 1 fully saturated rings. The Morgan fingerprint density at radius 1 is 1.46 bits per heavy atom. The molecule has 1 N–H and O–H groups in total. The number of aromatic nitrogens is 1. The van der Waals surface area contributed by atoms with E-state index in [-0.39, 0.29) is 11.8 Å². The predicted octanol–water partition coefficient (Wildman–Crippen LogP) is 1.08. The highest BCUT2D eigenvalue weighted by atomic mass is 16.1. The molecule has 3 heteroatoms. The van der Waals surface area contributed by atoms with Crippen LogP contribution < -0.4 is 5.32 Å². The molecular formula is C10H12N2O. The van der Waals surface area contributed by atoms with Crippen molar-refractivity contribution in [1.82, 2.24) is 10.3 Å². The number of hydrogen-bond acceptors (Lipinski definition) is 2. The maximum absolute atomic E-state index is 11.4. The van der Waals surface area contributed by atoms with Crippen molar-refractivity contribution >= 4 is 5.91 Å². The van der Waals surface area contributed by atoms with Gasteiger partial charge in [-0.15, -0.1) is 0 Å². The molecule has 1 aliphatic rings. The molecule has 1 aromatic rings. The van der Waals surface area contributed by atoms with Crippen LogP contribution in [0, 0.1) is 0 Å². The Bertz CT molecular complexity index is 297. The lowest BCUT2D eigenvalue weighted by atomic mass is 9.95. The van der Waals surface area contributed by atoms with Crippen molar-refractivity contribution in [2.24, 2.45) is 0 Å². The molecule has 3 nitrogen and oxygen atoms in total. The average molecular weight is 176 g/mol. The highest BCUT2D eigenvalue weighted by molar-refractivity contribution is 5.83. The van der Waals surface area contributed by atoms with Gasteiger partial charge >= 0.3 is 0 Å². The molecule has 1 saturated heterocycles. The largest absolute Gasteiger partial charge is 0.356 e. The molecule has 0 spiro atoms. The van der Waals surface area contributed by atoms with Crippen LogP contribution in [0.2, 0.25) is 0 Å². The van der Waals surface area contributed by atoms with Gasteiger partial charge in [0.05, 0.1) is 11.6 Å². The van der Waals surface area contributed by atoms with Gasteiger partial charge in [-0.3, -0.25) is 9.78 Å². The third-order valence-corrected chi connectivity index (χ3v) is 2.33. The SMILES string of the molecule is O=C1NCCC[C@H]1c1ccccn1. The molecule has 13 heavy (non-hydrogen) atoms. The zero-order chi connectivity index (χ0) is 9.10. The van der Waals surface area contributed by atoms with Crippen molar-refractivity contribution < 1.29 is 4.79 Å². The maximum atomic E-state index is 11.4. The lowest BCUT2D eigenvalue weighted by Crippen LogP contribution is -2.35. The van der Waals surface area contributed by atoms with Gasteiger partial charge in [0.25, 0.3) is 0 Å². The summed E-state index contributed by atoms with van der Waals surface area (Å²) >= 11 is 0. The van der Waals surface area contributed by atoms with Gasteiger partial charge < -0.3 is 5.32 Å².